The van der Waals surface area contributed by atoms with Gasteiger partial charge in [-0.3, -0.25) is 9.59 Å². The molecule has 2 amide bonds. The van der Waals surface area contributed by atoms with Gasteiger partial charge in [0.15, 0.2) is 0 Å². The van der Waals surface area contributed by atoms with E-state index >= 15 is 0 Å². The van der Waals surface area contributed by atoms with Gasteiger partial charge in [-0.1, -0.05) is 41.0 Å². The van der Waals surface area contributed by atoms with E-state index in [0.29, 0.717) is 13.0 Å². The Labute approximate surface area is 139 Å². The van der Waals surface area contributed by atoms with Crippen LogP contribution in [0.4, 0.5) is 0 Å². The first-order valence-corrected chi connectivity index (χ1v) is 8.43. The Morgan fingerprint density at radius 2 is 1.65 bits per heavy atom. The first-order valence-electron chi connectivity index (χ1n) is 8.43. The Kier molecular flexibility index (Phi) is 10.3. The van der Waals surface area contributed by atoms with Crippen LogP contribution in [0.3, 0.4) is 0 Å². The first-order chi connectivity index (χ1) is 10.7. The molecule has 0 saturated heterocycles. The maximum Gasteiger partial charge on any atom is 0.328 e. The summed E-state index contributed by atoms with van der Waals surface area (Å²) in [4.78, 5) is 35.9. The molecule has 6 nitrogen and oxygen atoms in total. The zero-order valence-electron chi connectivity index (χ0n) is 15.3. The van der Waals surface area contributed by atoms with E-state index in [2.05, 4.69) is 10.6 Å². The van der Waals surface area contributed by atoms with Crippen LogP contribution in [-0.2, 0) is 19.1 Å². The average molecular weight is 328 g/mol. The van der Waals surface area contributed by atoms with Gasteiger partial charge in [-0.2, -0.15) is 0 Å². The van der Waals surface area contributed by atoms with Crippen LogP contribution in [0.2, 0.25) is 0 Å². The topological polar surface area (TPSA) is 84.5 Å². The van der Waals surface area contributed by atoms with Crippen molar-refractivity contribution in [1.29, 1.82) is 0 Å². The molecule has 0 saturated carbocycles. The SMILES string of the molecule is CCCCOC(=O)[C@@H](NC(=O)[C@H](CC(C)C)NC(C)=O)C(C)C. The predicted molar refractivity (Wildman–Crippen MR) is 89.7 cm³/mol. The third-order valence-corrected chi connectivity index (χ3v) is 3.36. The van der Waals surface area contributed by atoms with Gasteiger partial charge in [-0.05, 0) is 24.7 Å². The lowest BCUT2D eigenvalue weighted by molar-refractivity contribution is -0.149. The van der Waals surface area contributed by atoms with E-state index in [-0.39, 0.29) is 23.7 Å². The lowest BCUT2D eigenvalue weighted by Gasteiger charge is -2.25. The van der Waals surface area contributed by atoms with Crippen molar-refractivity contribution in [2.24, 2.45) is 11.8 Å². The fraction of sp³-hybridized carbons (Fsp3) is 0.824. The van der Waals surface area contributed by atoms with Crippen molar-refractivity contribution in [2.45, 2.75) is 72.9 Å². The lowest BCUT2D eigenvalue weighted by atomic mass is 10.0. The number of amides is 2. The minimum absolute atomic E-state index is 0.0925. The molecule has 6 heteroatoms. The Hall–Kier alpha value is -1.59. The molecule has 2 N–H and O–H groups in total. The fourth-order valence-corrected chi connectivity index (χ4v) is 2.11. The molecule has 0 unspecified atom stereocenters. The standard InChI is InChI=1S/C17H32N2O4/c1-7-8-9-23-17(22)15(12(4)5)19-16(21)14(10-11(2)3)18-13(6)20/h11-12,14-15H,7-10H2,1-6H3,(H,18,20)(H,19,21)/t14-,15-/m0/s1. The van der Waals surface area contributed by atoms with Crippen LogP contribution in [0.5, 0.6) is 0 Å². The molecule has 0 spiro atoms. The Morgan fingerprint density at radius 1 is 1.04 bits per heavy atom. The fourth-order valence-electron chi connectivity index (χ4n) is 2.11. The molecule has 134 valence electrons. The summed E-state index contributed by atoms with van der Waals surface area (Å²) < 4.78 is 5.21. The number of hydrogen-bond donors (Lipinski definition) is 2. The maximum absolute atomic E-state index is 12.4. The third kappa shape index (κ3) is 9.21. The van der Waals surface area contributed by atoms with Crippen LogP contribution >= 0.6 is 0 Å². The quantitative estimate of drug-likeness (QED) is 0.475. The Bertz CT molecular complexity index is 394. The molecular weight excluding hydrogens is 296 g/mol. The molecule has 0 bridgehead atoms. The van der Waals surface area contributed by atoms with E-state index in [9.17, 15) is 14.4 Å². The second-order valence-corrected chi connectivity index (χ2v) is 6.63. The number of nitrogens with one attached hydrogen (secondary N) is 2. The molecule has 0 aliphatic rings. The molecule has 0 aromatic rings. The molecule has 0 aromatic heterocycles. The number of unbranched alkanes of at least 4 members (excludes halogenated alkanes) is 1. The van der Waals surface area contributed by atoms with Crippen molar-refractivity contribution < 1.29 is 19.1 Å². The van der Waals surface area contributed by atoms with Crippen LogP contribution < -0.4 is 10.6 Å². The highest BCUT2D eigenvalue weighted by Crippen LogP contribution is 2.09. The largest absolute Gasteiger partial charge is 0.464 e. The van der Waals surface area contributed by atoms with Crippen molar-refractivity contribution in [3.05, 3.63) is 0 Å². The lowest BCUT2D eigenvalue weighted by Crippen LogP contribution is -2.53. The number of ether oxygens (including phenoxy) is 1. The number of esters is 1. The zero-order valence-corrected chi connectivity index (χ0v) is 15.3. The van der Waals surface area contributed by atoms with Crippen molar-refractivity contribution in [2.75, 3.05) is 6.61 Å². The van der Waals surface area contributed by atoms with Crippen LogP contribution in [0, 0.1) is 11.8 Å². The Balaban J connectivity index is 4.84. The van der Waals surface area contributed by atoms with Gasteiger partial charge in [-0.15, -0.1) is 0 Å². The highest BCUT2D eigenvalue weighted by molar-refractivity contribution is 5.90. The van der Waals surface area contributed by atoms with Gasteiger partial charge in [0.1, 0.15) is 12.1 Å². The van der Waals surface area contributed by atoms with E-state index in [1.807, 2.05) is 34.6 Å². The molecule has 0 heterocycles. The van der Waals surface area contributed by atoms with E-state index in [1.165, 1.54) is 6.92 Å². The second kappa shape index (κ2) is 11.0. The molecule has 0 aliphatic carbocycles. The molecule has 0 rings (SSSR count). The van der Waals surface area contributed by atoms with E-state index < -0.39 is 18.1 Å². The van der Waals surface area contributed by atoms with Crippen molar-refractivity contribution in [3.63, 3.8) is 0 Å². The Morgan fingerprint density at radius 3 is 2.09 bits per heavy atom. The number of hydrogen-bond acceptors (Lipinski definition) is 4. The second-order valence-electron chi connectivity index (χ2n) is 6.63. The summed E-state index contributed by atoms with van der Waals surface area (Å²) in [7, 11) is 0. The summed E-state index contributed by atoms with van der Waals surface area (Å²) in [6.45, 7) is 11.4. The van der Waals surface area contributed by atoms with Crippen LogP contribution in [0.1, 0.15) is 60.8 Å². The van der Waals surface area contributed by atoms with E-state index in [1.54, 1.807) is 0 Å². The first kappa shape index (κ1) is 21.4. The highest BCUT2D eigenvalue weighted by atomic mass is 16.5. The summed E-state index contributed by atoms with van der Waals surface area (Å²) in [5.41, 5.74) is 0. The molecule has 0 fully saturated rings. The zero-order chi connectivity index (χ0) is 18.0. The molecule has 0 radical (unpaired) electrons. The van der Waals surface area contributed by atoms with Crippen molar-refractivity contribution in [1.82, 2.24) is 10.6 Å². The minimum Gasteiger partial charge on any atom is -0.464 e. The summed E-state index contributed by atoms with van der Waals surface area (Å²) in [5, 5.41) is 5.37. The van der Waals surface area contributed by atoms with Gasteiger partial charge >= 0.3 is 5.97 Å². The van der Waals surface area contributed by atoms with Crippen molar-refractivity contribution >= 4 is 17.8 Å². The smallest absolute Gasteiger partial charge is 0.328 e. The molecule has 0 aromatic carbocycles. The maximum atomic E-state index is 12.4. The van der Waals surface area contributed by atoms with Crippen molar-refractivity contribution in [3.8, 4) is 0 Å². The van der Waals surface area contributed by atoms with Gasteiger partial charge in [0, 0.05) is 6.92 Å². The highest BCUT2D eigenvalue weighted by Gasteiger charge is 2.29. The summed E-state index contributed by atoms with van der Waals surface area (Å²) in [5.74, 6) is -0.887. The summed E-state index contributed by atoms with van der Waals surface area (Å²) in [6.07, 6.45) is 2.25. The number of carbonyl (C=O) groups is 3. The van der Waals surface area contributed by atoms with E-state index in [0.717, 1.165) is 12.8 Å². The van der Waals surface area contributed by atoms with Crippen LogP contribution in [0.15, 0.2) is 0 Å². The summed E-state index contributed by atoms with van der Waals surface area (Å²) in [6, 6.07) is -1.35. The van der Waals surface area contributed by atoms with Gasteiger partial charge in [0.25, 0.3) is 0 Å². The van der Waals surface area contributed by atoms with Gasteiger partial charge < -0.3 is 15.4 Å². The van der Waals surface area contributed by atoms with E-state index in [4.69, 9.17) is 4.74 Å². The number of carbonyl (C=O) groups excluding carboxylic acids is 3. The normalized spacial score (nSPS) is 13.6. The summed E-state index contributed by atoms with van der Waals surface area (Å²) >= 11 is 0. The monoisotopic (exact) mass is 328 g/mol. The molecule has 2 atom stereocenters. The predicted octanol–water partition coefficient (Wildman–Crippen LogP) is 2.02. The number of rotatable bonds is 10. The third-order valence-electron chi connectivity index (χ3n) is 3.36. The van der Waals surface area contributed by atoms with Gasteiger partial charge in [-0.25, -0.2) is 4.79 Å². The van der Waals surface area contributed by atoms with Crippen LogP contribution in [-0.4, -0.2) is 36.5 Å². The van der Waals surface area contributed by atoms with Gasteiger partial charge in [0.05, 0.1) is 6.61 Å². The molecule has 0 aliphatic heterocycles. The molecule has 23 heavy (non-hydrogen) atoms. The molecular formula is C17H32N2O4. The average Bonchev–Trinajstić information content (AvgIpc) is 2.42. The van der Waals surface area contributed by atoms with Gasteiger partial charge in [0.2, 0.25) is 11.8 Å². The minimum atomic E-state index is -0.706. The van der Waals surface area contributed by atoms with Crippen LogP contribution in [0.25, 0.3) is 0 Å².